The fourth-order valence-corrected chi connectivity index (χ4v) is 1.81. The minimum absolute atomic E-state index is 0.575. The first-order chi connectivity index (χ1) is 9.33. The summed E-state index contributed by atoms with van der Waals surface area (Å²) in [6.07, 6.45) is 2.52. The fourth-order valence-electron chi connectivity index (χ4n) is 1.81. The van der Waals surface area contributed by atoms with Crippen molar-refractivity contribution in [3.8, 4) is 0 Å². The summed E-state index contributed by atoms with van der Waals surface area (Å²) in [4.78, 5) is 8.37. The highest BCUT2D eigenvalue weighted by molar-refractivity contribution is 5.62. The van der Waals surface area contributed by atoms with Crippen LogP contribution >= 0.6 is 0 Å². The Labute approximate surface area is 113 Å². The van der Waals surface area contributed by atoms with Crippen LogP contribution in [0.15, 0.2) is 36.7 Å². The number of anilines is 3. The molecule has 0 saturated carbocycles. The molecule has 1 aromatic carbocycles. The van der Waals surface area contributed by atoms with Gasteiger partial charge in [0, 0.05) is 24.8 Å². The van der Waals surface area contributed by atoms with Crippen LogP contribution < -0.4 is 16.4 Å². The maximum Gasteiger partial charge on any atom is 0.135 e. The summed E-state index contributed by atoms with van der Waals surface area (Å²) >= 11 is 0. The van der Waals surface area contributed by atoms with Gasteiger partial charge < -0.3 is 16.4 Å². The van der Waals surface area contributed by atoms with Crippen LogP contribution in [0.5, 0.6) is 0 Å². The molecule has 5 nitrogen and oxygen atoms in total. The van der Waals surface area contributed by atoms with E-state index in [4.69, 9.17) is 5.73 Å². The maximum absolute atomic E-state index is 5.45. The molecule has 1 heterocycles. The summed E-state index contributed by atoms with van der Waals surface area (Å²) in [6.45, 7) is 3.40. The zero-order valence-electron chi connectivity index (χ0n) is 11.1. The Morgan fingerprint density at radius 1 is 1.16 bits per heavy atom. The van der Waals surface area contributed by atoms with E-state index in [1.54, 1.807) is 0 Å². The van der Waals surface area contributed by atoms with E-state index in [2.05, 4.69) is 33.6 Å². The maximum atomic E-state index is 5.45. The lowest BCUT2D eigenvalue weighted by atomic mass is 10.1. The quantitative estimate of drug-likeness (QED) is 0.739. The molecular weight excluding hydrogens is 238 g/mol. The topological polar surface area (TPSA) is 75.9 Å². The van der Waals surface area contributed by atoms with Crippen molar-refractivity contribution in [1.29, 1.82) is 0 Å². The first-order valence-electron chi connectivity index (χ1n) is 6.44. The van der Waals surface area contributed by atoms with Gasteiger partial charge in [0.2, 0.25) is 0 Å². The van der Waals surface area contributed by atoms with Crippen molar-refractivity contribution in [2.45, 2.75) is 13.3 Å². The van der Waals surface area contributed by atoms with Gasteiger partial charge in [-0.2, -0.15) is 0 Å². The van der Waals surface area contributed by atoms with Gasteiger partial charge >= 0.3 is 0 Å². The first kappa shape index (κ1) is 13.3. The summed E-state index contributed by atoms with van der Waals surface area (Å²) in [6, 6.07) is 10.1. The molecule has 0 bridgehead atoms. The van der Waals surface area contributed by atoms with E-state index in [1.165, 1.54) is 11.9 Å². The number of aromatic nitrogens is 2. The van der Waals surface area contributed by atoms with Crippen LogP contribution in [0, 0.1) is 0 Å². The van der Waals surface area contributed by atoms with Gasteiger partial charge in [-0.3, -0.25) is 0 Å². The molecule has 0 aliphatic heterocycles. The third-order valence-electron chi connectivity index (χ3n) is 2.78. The van der Waals surface area contributed by atoms with Gasteiger partial charge in [0.25, 0.3) is 0 Å². The molecule has 2 rings (SSSR count). The summed E-state index contributed by atoms with van der Waals surface area (Å²) in [5.74, 6) is 1.55. The van der Waals surface area contributed by atoms with E-state index in [9.17, 15) is 0 Å². The lowest BCUT2D eigenvalue weighted by Gasteiger charge is -2.11. The Morgan fingerprint density at radius 3 is 2.74 bits per heavy atom. The van der Waals surface area contributed by atoms with Crippen LogP contribution in [-0.4, -0.2) is 23.1 Å². The molecule has 0 aliphatic carbocycles. The highest BCUT2D eigenvalue weighted by Gasteiger charge is 2.02. The lowest BCUT2D eigenvalue weighted by Crippen LogP contribution is -2.14. The van der Waals surface area contributed by atoms with Gasteiger partial charge in [-0.05, 0) is 18.1 Å². The Kier molecular flexibility index (Phi) is 4.69. The largest absolute Gasteiger partial charge is 0.369 e. The van der Waals surface area contributed by atoms with Crippen LogP contribution in [0.25, 0.3) is 0 Å². The number of para-hydroxylation sites is 1. The molecule has 0 saturated heterocycles. The van der Waals surface area contributed by atoms with Gasteiger partial charge in [0.15, 0.2) is 0 Å². The van der Waals surface area contributed by atoms with Crippen LogP contribution in [0.3, 0.4) is 0 Å². The molecule has 19 heavy (non-hydrogen) atoms. The Hall–Kier alpha value is -2.14. The van der Waals surface area contributed by atoms with E-state index >= 15 is 0 Å². The number of hydrogen-bond donors (Lipinski definition) is 3. The van der Waals surface area contributed by atoms with Gasteiger partial charge in [0.05, 0.1) is 0 Å². The molecule has 1 aromatic heterocycles. The fraction of sp³-hybridized carbons (Fsp3) is 0.286. The van der Waals surface area contributed by atoms with Gasteiger partial charge in [-0.15, -0.1) is 0 Å². The molecular formula is C14H19N5. The number of nitrogens with zero attached hydrogens (tertiary/aromatic N) is 2. The smallest absolute Gasteiger partial charge is 0.135 e. The van der Waals surface area contributed by atoms with Crippen molar-refractivity contribution in [1.82, 2.24) is 9.97 Å². The van der Waals surface area contributed by atoms with Crippen molar-refractivity contribution in [3.63, 3.8) is 0 Å². The predicted octanol–water partition coefficient (Wildman–Crippen LogP) is 2.15. The van der Waals surface area contributed by atoms with E-state index in [0.717, 1.165) is 23.7 Å². The molecule has 2 aromatic rings. The summed E-state index contributed by atoms with van der Waals surface area (Å²) < 4.78 is 0. The number of hydrogen-bond acceptors (Lipinski definition) is 5. The number of rotatable bonds is 6. The van der Waals surface area contributed by atoms with Crippen molar-refractivity contribution in [2.75, 3.05) is 23.7 Å². The molecule has 4 N–H and O–H groups in total. The number of nitrogens with two attached hydrogens (primary N) is 1. The minimum Gasteiger partial charge on any atom is -0.369 e. The Morgan fingerprint density at radius 2 is 1.95 bits per heavy atom. The molecule has 100 valence electrons. The summed E-state index contributed by atoms with van der Waals surface area (Å²) in [5.41, 5.74) is 7.79. The first-order valence-corrected chi connectivity index (χ1v) is 6.44. The third-order valence-corrected chi connectivity index (χ3v) is 2.78. The molecule has 0 fully saturated rings. The van der Waals surface area contributed by atoms with Crippen LogP contribution in [-0.2, 0) is 6.42 Å². The molecule has 0 aliphatic rings. The average molecular weight is 257 g/mol. The predicted molar refractivity (Wildman–Crippen MR) is 78.7 cm³/mol. The van der Waals surface area contributed by atoms with Crippen molar-refractivity contribution >= 4 is 17.3 Å². The van der Waals surface area contributed by atoms with Gasteiger partial charge in [-0.1, -0.05) is 25.1 Å². The van der Waals surface area contributed by atoms with Crippen molar-refractivity contribution in [2.24, 2.45) is 5.73 Å². The van der Waals surface area contributed by atoms with Crippen molar-refractivity contribution in [3.05, 3.63) is 42.2 Å². The van der Waals surface area contributed by atoms with E-state index in [0.29, 0.717) is 13.1 Å². The molecule has 0 radical (unpaired) electrons. The third kappa shape index (κ3) is 3.66. The number of nitrogens with one attached hydrogen (secondary N) is 2. The van der Waals surface area contributed by atoms with Crippen LogP contribution in [0.4, 0.5) is 17.3 Å². The SMILES string of the molecule is CCc1ccccc1Nc1cc(NCCN)ncn1. The second kappa shape index (κ2) is 6.70. The van der Waals surface area contributed by atoms with Gasteiger partial charge in [-0.25, -0.2) is 9.97 Å². The standard InChI is InChI=1S/C14H19N5/c1-2-11-5-3-4-6-12(11)19-14-9-13(16-8-7-15)17-10-18-14/h3-6,9-10H,2,7-8,15H2,1H3,(H2,16,17,18,19). The molecule has 0 atom stereocenters. The average Bonchev–Trinajstić information content (AvgIpc) is 2.46. The summed E-state index contributed by atoms with van der Waals surface area (Å²) in [7, 11) is 0. The Bertz CT molecular complexity index is 527. The Balaban J connectivity index is 2.14. The van der Waals surface area contributed by atoms with Crippen LogP contribution in [0.1, 0.15) is 12.5 Å². The highest BCUT2D eigenvalue weighted by atomic mass is 15.1. The summed E-state index contributed by atoms with van der Waals surface area (Å²) in [5, 5.41) is 6.45. The molecule has 0 spiro atoms. The second-order valence-electron chi connectivity index (χ2n) is 4.14. The van der Waals surface area contributed by atoms with E-state index < -0.39 is 0 Å². The minimum atomic E-state index is 0.575. The van der Waals surface area contributed by atoms with Crippen LogP contribution in [0.2, 0.25) is 0 Å². The zero-order valence-corrected chi connectivity index (χ0v) is 11.1. The number of benzene rings is 1. The zero-order chi connectivity index (χ0) is 13.5. The van der Waals surface area contributed by atoms with E-state index in [1.807, 2.05) is 24.3 Å². The normalized spacial score (nSPS) is 10.2. The number of aryl methyl sites for hydroxylation is 1. The molecule has 0 amide bonds. The van der Waals surface area contributed by atoms with E-state index in [-0.39, 0.29) is 0 Å². The highest BCUT2D eigenvalue weighted by Crippen LogP contribution is 2.20. The van der Waals surface area contributed by atoms with Crippen molar-refractivity contribution < 1.29 is 0 Å². The van der Waals surface area contributed by atoms with Gasteiger partial charge in [0.1, 0.15) is 18.0 Å². The lowest BCUT2D eigenvalue weighted by molar-refractivity contribution is 1.00. The molecule has 5 heteroatoms. The molecule has 0 unspecified atom stereocenters. The monoisotopic (exact) mass is 257 g/mol. The second-order valence-corrected chi connectivity index (χ2v) is 4.14.